The summed E-state index contributed by atoms with van der Waals surface area (Å²) >= 11 is 5.85. The number of aromatic nitrogens is 2. The molecule has 3 aromatic rings. The van der Waals surface area contributed by atoms with Gasteiger partial charge in [-0.2, -0.15) is 0 Å². The van der Waals surface area contributed by atoms with Crippen LogP contribution in [0.4, 0.5) is 0 Å². The van der Waals surface area contributed by atoms with Crippen LogP contribution in [-0.2, 0) is 11.2 Å². The molecule has 1 heterocycles. The van der Waals surface area contributed by atoms with E-state index in [4.69, 9.17) is 11.6 Å². The van der Waals surface area contributed by atoms with Crippen molar-refractivity contribution in [3.8, 4) is 0 Å². The standard InChI is InChI=1S/C18H18ClN3O/c1-12(18-21-15-4-2-3-5-16(15)22-18)20-17(23)11-8-13-6-9-14(19)10-7-13/h2-7,9-10,12H,8,11H2,1H3,(H,20,23)(H,21,22)/t12-/m0/s1. The highest BCUT2D eigenvalue weighted by molar-refractivity contribution is 6.30. The summed E-state index contributed by atoms with van der Waals surface area (Å²) in [5.74, 6) is 0.777. The number of H-pyrrole nitrogens is 1. The number of nitrogens with one attached hydrogen (secondary N) is 2. The van der Waals surface area contributed by atoms with Crippen molar-refractivity contribution in [2.45, 2.75) is 25.8 Å². The molecule has 2 aromatic carbocycles. The predicted molar refractivity (Wildman–Crippen MR) is 92.4 cm³/mol. The van der Waals surface area contributed by atoms with Crippen LogP contribution in [0.5, 0.6) is 0 Å². The zero-order valence-corrected chi connectivity index (χ0v) is 13.6. The van der Waals surface area contributed by atoms with E-state index in [1.54, 1.807) is 0 Å². The molecule has 0 aliphatic heterocycles. The fourth-order valence-electron chi connectivity index (χ4n) is 2.47. The summed E-state index contributed by atoms with van der Waals surface area (Å²) in [7, 11) is 0. The van der Waals surface area contributed by atoms with E-state index < -0.39 is 0 Å². The average Bonchev–Trinajstić information content (AvgIpc) is 2.98. The largest absolute Gasteiger partial charge is 0.346 e. The number of halogens is 1. The second kappa shape index (κ2) is 6.84. The number of benzene rings is 2. The number of hydrogen-bond acceptors (Lipinski definition) is 2. The van der Waals surface area contributed by atoms with Crippen LogP contribution in [-0.4, -0.2) is 15.9 Å². The van der Waals surface area contributed by atoms with Crippen LogP contribution in [0.25, 0.3) is 11.0 Å². The van der Waals surface area contributed by atoms with Gasteiger partial charge in [-0.05, 0) is 43.2 Å². The van der Waals surface area contributed by atoms with Crippen molar-refractivity contribution >= 4 is 28.5 Å². The Kier molecular flexibility index (Phi) is 4.63. The summed E-state index contributed by atoms with van der Waals surface area (Å²) < 4.78 is 0. The fourth-order valence-corrected chi connectivity index (χ4v) is 2.59. The lowest BCUT2D eigenvalue weighted by molar-refractivity contribution is -0.121. The first kappa shape index (κ1) is 15.6. The first-order valence-corrected chi connectivity index (χ1v) is 7.98. The molecule has 2 N–H and O–H groups in total. The molecule has 0 saturated heterocycles. The number of rotatable bonds is 5. The highest BCUT2D eigenvalue weighted by atomic mass is 35.5. The van der Waals surface area contributed by atoms with E-state index in [-0.39, 0.29) is 11.9 Å². The van der Waals surface area contributed by atoms with Gasteiger partial charge in [-0.1, -0.05) is 35.9 Å². The Labute approximate surface area is 139 Å². The zero-order chi connectivity index (χ0) is 16.2. The topological polar surface area (TPSA) is 57.8 Å². The van der Waals surface area contributed by atoms with Crippen LogP contribution in [0.1, 0.15) is 30.8 Å². The Morgan fingerprint density at radius 1 is 1.22 bits per heavy atom. The Morgan fingerprint density at radius 2 is 1.96 bits per heavy atom. The van der Waals surface area contributed by atoms with E-state index in [0.29, 0.717) is 17.9 Å². The van der Waals surface area contributed by atoms with Crippen molar-refractivity contribution < 1.29 is 4.79 Å². The van der Waals surface area contributed by atoms with Crippen molar-refractivity contribution in [2.75, 3.05) is 0 Å². The molecule has 1 amide bonds. The monoisotopic (exact) mass is 327 g/mol. The number of imidazole rings is 1. The number of fused-ring (bicyclic) bond motifs is 1. The molecule has 23 heavy (non-hydrogen) atoms. The smallest absolute Gasteiger partial charge is 0.220 e. The Morgan fingerprint density at radius 3 is 2.70 bits per heavy atom. The summed E-state index contributed by atoms with van der Waals surface area (Å²) in [5.41, 5.74) is 2.98. The third-order valence-electron chi connectivity index (χ3n) is 3.75. The van der Waals surface area contributed by atoms with Gasteiger partial charge < -0.3 is 10.3 Å². The van der Waals surface area contributed by atoms with Crippen molar-refractivity contribution in [1.82, 2.24) is 15.3 Å². The van der Waals surface area contributed by atoms with Gasteiger partial charge in [0, 0.05) is 11.4 Å². The molecule has 3 rings (SSSR count). The summed E-state index contributed by atoms with van der Waals surface area (Å²) in [4.78, 5) is 19.9. The first-order chi connectivity index (χ1) is 11.1. The number of hydrogen-bond donors (Lipinski definition) is 2. The van der Waals surface area contributed by atoms with Crippen LogP contribution in [0, 0.1) is 0 Å². The molecule has 0 saturated carbocycles. The molecule has 0 unspecified atom stereocenters. The normalized spacial score (nSPS) is 12.3. The van der Waals surface area contributed by atoms with Crippen molar-refractivity contribution in [3.05, 3.63) is 64.9 Å². The Bertz CT molecular complexity index is 778. The number of carbonyl (C=O) groups is 1. The van der Waals surface area contributed by atoms with Crippen LogP contribution in [0.3, 0.4) is 0 Å². The molecular formula is C18H18ClN3O. The van der Waals surface area contributed by atoms with E-state index in [1.165, 1.54) is 0 Å². The summed E-state index contributed by atoms with van der Waals surface area (Å²) in [6, 6.07) is 15.2. The molecule has 4 nitrogen and oxygen atoms in total. The highest BCUT2D eigenvalue weighted by Crippen LogP contribution is 2.16. The molecule has 1 aromatic heterocycles. The highest BCUT2D eigenvalue weighted by Gasteiger charge is 2.13. The number of para-hydroxylation sites is 2. The lowest BCUT2D eigenvalue weighted by Gasteiger charge is -2.11. The number of aryl methyl sites for hydroxylation is 1. The molecule has 0 bridgehead atoms. The van der Waals surface area contributed by atoms with Crippen LogP contribution in [0.15, 0.2) is 48.5 Å². The third kappa shape index (κ3) is 3.90. The number of amides is 1. The molecule has 118 valence electrons. The summed E-state index contributed by atoms with van der Waals surface area (Å²) in [6.45, 7) is 1.93. The van der Waals surface area contributed by atoms with Crippen molar-refractivity contribution in [1.29, 1.82) is 0 Å². The van der Waals surface area contributed by atoms with E-state index in [1.807, 2.05) is 55.5 Å². The van der Waals surface area contributed by atoms with Crippen molar-refractivity contribution in [2.24, 2.45) is 0 Å². The van der Waals surface area contributed by atoms with E-state index in [9.17, 15) is 4.79 Å². The number of aromatic amines is 1. The van der Waals surface area contributed by atoms with Crippen molar-refractivity contribution in [3.63, 3.8) is 0 Å². The van der Waals surface area contributed by atoms with E-state index in [2.05, 4.69) is 15.3 Å². The average molecular weight is 328 g/mol. The van der Waals surface area contributed by atoms with Gasteiger partial charge in [0.25, 0.3) is 0 Å². The SMILES string of the molecule is C[C@H](NC(=O)CCc1ccc(Cl)cc1)c1nc2ccccc2[nH]1. The van der Waals surface area contributed by atoms with Gasteiger partial charge in [-0.25, -0.2) is 4.98 Å². The maximum Gasteiger partial charge on any atom is 0.220 e. The predicted octanol–water partition coefficient (Wildman–Crippen LogP) is 4.03. The zero-order valence-electron chi connectivity index (χ0n) is 12.8. The molecule has 0 fully saturated rings. The maximum absolute atomic E-state index is 12.1. The second-order valence-corrected chi connectivity index (χ2v) is 5.99. The van der Waals surface area contributed by atoms with Gasteiger partial charge in [0.2, 0.25) is 5.91 Å². The fraction of sp³-hybridized carbons (Fsp3) is 0.222. The minimum atomic E-state index is -0.153. The molecule has 0 aliphatic rings. The van der Waals surface area contributed by atoms with Gasteiger partial charge >= 0.3 is 0 Å². The second-order valence-electron chi connectivity index (χ2n) is 5.55. The maximum atomic E-state index is 12.1. The number of carbonyl (C=O) groups excluding carboxylic acids is 1. The van der Waals surface area contributed by atoms with Crippen LogP contribution in [0.2, 0.25) is 5.02 Å². The van der Waals surface area contributed by atoms with E-state index >= 15 is 0 Å². The Hall–Kier alpha value is -2.33. The van der Waals surface area contributed by atoms with Gasteiger partial charge in [0.05, 0.1) is 17.1 Å². The number of nitrogens with zero attached hydrogens (tertiary/aromatic N) is 1. The molecule has 0 spiro atoms. The third-order valence-corrected chi connectivity index (χ3v) is 4.00. The molecule has 0 aliphatic carbocycles. The Balaban J connectivity index is 1.57. The van der Waals surface area contributed by atoms with Gasteiger partial charge in [0.15, 0.2) is 0 Å². The summed E-state index contributed by atoms with van der Waals surface area (Å²) in [6.07, 6.45) is 1.13. The lowest BCUT2D eigenvalue weighted by Crippen LogP contribution is -2.27. The van der Waals surface area contributed by atoms with Gasteiger partial charge in [0.1, 0.15) is 5.82 Å². The molecule has 1 atom stereocenters. The molecular weight excluding hydrogens is 310 g/mol. The lowest BCUT2D eigenvalue weighted by atomic mass is 10.1. The first-order valence-electron chi connectivity index (χ1n) is 7.60. The summed E-state index contributed by atoms with van der Waals surface area (Å²) in [5, 5.41) is 3.69. The minimum absolute atomic E-state index is 0.00732. The van der Waals surface area contributed by atoms with Gasteiger partial charge in [-0.3, -0.25) is 4.79 Å². The van der Waals surface area contributed by atoms with Crippen LogP contribution < -0.4 is 5.32 Å². The minimum Gasteiger partial charge on any atom is -0.346 e. The molecule has 0 radical (unpaired) electrons. The molecule has 5 heteroatoms. The van der Waals surface area contributed by atoms with E-state index in [0.717, 1.165) is 22.4 Å². The quantitative estimate of drug-likeness (QED) is 0.743. The van der Waals surface area contributed by atoms with Crippen LogP contribution >= 0.6 is 11.6 Å². The van der Waals surface area contributed by atoms with Gasteiger partial charge in [-0.15, -0.1) is 0 Å².